The lowest BCUT2D eigenvalue weighted by atomic mass is 9.98. The van der Waals surface area contributed by atoms with Crippen LogP contribution < -0.4 is 10.6 Å². The van der Waals surface area contributed by atoms with Gasteiger partial charge in [-0.25, -0.2) is 17.4 Å². The number of nitrogens with zero attached hydrogens (tertiary/aromatic N) is 2. The number of aromatic nitrogens is 1. The third kappa shape index (κ3) is 8.08. The highest BCUT2D eigenvalue weighted by Crippen LogP contribution is 2.27. The van der Waals surface area contributed by atoms with Crippen molar-refractivity contribution in [3.63, 3.8) is 0 Å². The van der Waals surface area contributed by atoms with Crippen LogP contribution in [0.1, 0.15) is 68.4 Å². The molecule has 0 unspecified atom stereocenters. The molecular formula is C34H38N4O4S. The fourth-order valence-electron chi connectivity index (χ4n) is 5.03. The van der Waals surface area contributed by atoms with Crippen molar-refractivity contribution in [1.82, 2.24) is 14.6 Å². The topological polar surface area (TPSA) is 110 Å². The first kappa shape index (κ1) is 31.4. The van der Waals surface area contributed by atoms with Gasteiger partial charge in [0.25, 0.3) is 5.91 Å². The van der Waals surface area contributed by atoms with E-state index in [1.807, 2.05) is 25.1 Å². The van der Waals surface area contributed by atoms with Crippen LogP contribution in [0.5, 0.6) is 0 Å². The first-order valence-corrected chi connectivity index (χ1v) is 16.1. The van der Waals surface area contributed by atoms with Gasteiger partial charge in [-0.15, -0.1) is 0 Å². The number of amides is 2. The number of fused-ring (bicyclic) bond motifs is 1. The minimum Gasteiger partial charge on any atom is -0.343 e. The van der Waals surface area contributed by atoms with Gasteiger partial charge in [-0.1, -0.05) is 71.8 Å². The van der Waals surface area contributed by atoms with Gasteiger partial charge in [-0.3, -0.25) is 9.59 Å². The Labute approximate surface area is 253 Å². The Morgan fingerprint density at radius 1 is 1.07 bits per heavy atom. The van der Waals surface area contributed by atoms with Crippen molar-refractivity contribution in [2.75, 3.05) is 12.8 Å². The summed E-state index contributed by atoms with van der Waals surface area (Å²) < 4.78 is 25.4. The Morgan fingerprint density at radius 2 is 1.84 bits per heavy atom. The van der Waals surface area contributed by atoms with Crippen LogP contribution in [0.25, 0.3) is 22.2 Å². The minimum absolute atomic E-state index is 0.168. The molecule has 8 nitrogen and oxygen atoms in total. The first-order valence-electron chi connectivity index (χ1n) is 14.2. The van der Waals surface area contributed by atoms with Crippen LogP contribution in [0, 0.1) is 0 Å². The second-order valence-corrected chi connectivity index (χ2v) is 12.6. The monoisotopic (exact) mass is 598 g/mol. The number of allylic oxidation sites excluding steroid dienone is 7. The van der Waals surface area contributed by atoms with E-state index in [9.17, 15) is 18.0 Å². The maximum absolute atomic E-state index is 12.9. The molecule has 224 valence electrons. The summed E-state index contributed by atoms with van der Waals surface area (Å²) in [6, 6.07) is 14.9. The highest BCUT2D eigenvalue weighted by molar-refractivity contribution is 7.89. The van der Waals surface area contributed by atoms with Gasteiger partial charge in [-0.2, -0.15) is 0 Å². The number of para-hydroxylation sites is 1. The Hall–Kier alpha value is -4.50. The number of aliphatic imine (C=N–C) groups is 1. The normalized spacial score (nSPS) is 16.3. The standard InChI is InChI=1S/C34H38N4O4S/c1-6-31(27-15-11-14-26(20-27)28-18-23(2)12-7-8-13-24(3)19-28)36-25(4)37-33(39)21-35-34(40)30-22-38(43(5,41)42)32-17-10-9-16-29(30)32/h6,9-12,14-20,22H,7-8,13,21H2,1-5H3,(H,35,40)(H,36,37,39)/b23-12-,24-19?,28-18?,31-6-. The highest BCUT2D eigenvalue weighted by atomic mass is 32.2. The van der Waals surface area contributed by atoms with Crippen molar-refractivity contribution < 1.29 is 18.0 Å². The summed E-state index contributed by atoms with van der Waals surface area (Å²) in [7, 11) is -3.62. The van der Waals surface area contributed by atoms with E-state index in [4.69, 9.17) is 0 Å². The number of carbonyl (C=O) groups excluding carboxylic acids is 2. The van der Waals surface area contributed by atoms with Crippen LogP contribution in [0.15, 0.2) is 95.2 Å². The average molecular weight is 599 g/mol. The molecule has 0 spiro atoms. The number of benzene rings is 2. The maximum Gasteiger partial charge on any atom is 0.253 e. The molecule has 4 rings (SSSR count). The van der Waals surface area contributed by atoms with E-state index in [2.05, 4.69) is 59.8 Å². The number of amidine groups is 1. The maximum atomic E-state index is 12.9. The number of carbonyl (C=O) groups is 2. The van der Waals surface area contributed by atoms with Crippen LogP contribution in [0.3, 0.4) is 0 Å². The van der Waals surface area contributed by atoms with Gasteiger partial charge in [-0.05, 0) is 70.2 Å². The number of rotatable bonds is 7. The molecule has 0 fully saturated rings. The summed E-state index contributed by atoms with van der Waals surface area (Å²) in [5, 5.41) is 5.78. The lowest BCUT2D eigenvalue weighted by Gasteiger charge is -2.10. The molecule has 0 atom stereocenters. The summed E-state index contributed by atoms with van der Waals surface area (Å²) in [5.41, 5.74) is 6.99. The molecule has 2 N–H and O–H groups in total. The average Bonchev–Trinajstić information content (AvgIpc) is 3.40. The summed E-state index contributed by atoms with van der Waals surface area (Å²) in [6.07, 6.45) is 14.2. The Kier molecular flexibility index (Phi) is 9.98. The van der Waals surface area contributed by atoms with Gasteiger partial charge < -0.3 is 10.6 Å². The molecule has 0 saturated heterocycles. The third-order valence-corrected chi connectivity index (χ3v) is 8.11. The van der Waals surface area contributed by atoms with Gasteiger partial charge in [0.15, 0.2) is 0 Å². The lowest BCUT2D eigenvalue weighted by molar-refractivity contribution is -0.118. The SMILES string of the molecule is C/C=C(\N=C(C)NC(=O)CNC(=O)c1cn(S(C)(=O)=O)c2ccccc12)c1cccc(C2=C/C(C)=C\CCCC(C)=C2)c1. The molecule has 9 heteroatoms. The predicted octanol–water partition coefficient (Wildman–Crippen LogP) is 6.23. The van der Waals surface area contributed by atoms with Crippen molar-refractivity contribution in [3.05, 3.63) is 107 Å². The molecule has 0 bridgehead atoms. The van der Waals surface area contributed by atoms with Crippen molar-refractivity contribution in [2.45, 2.75) is 47.0 Å². The molecule has 1 aliphatic rings. The minimum atomic E-state index is -3.62. The van der Waals surface area contributed by atoms with Crippen molar-refractivity contribution in [1.29, 1.82) is 0 Å². The quantitative estimate of drug-likeness (QED) is 0.248. The lowest BCUT2D eigenvalue weighted by Crippen LogP contribution is -2.39. The summed E-state index contributed by atoms with van der Waals surface area (Å²) in [6.45, 7) is 7.57. The fourth-order valence-corrected chi connectivity index (χ4v) is 5.84. The molecule has 43 heavy (non-hydrogen) atoms. The zero-order valence-corrected chi connectivity index (χ0v) is 26.1. The second kappa shape index (κ2) is 13.6. The highest BCUT2D eigenvalue weighted by Gasteiger charge is 2.19. The van der Waals surface area contributed by atoms with Crippen LogP contribution in [-0.2, 0) is 14.8 Å². The molecule has 3 aromatic rings. The van der Waals surface area contributed by atoms with Gasteiger partial charge in [0, 0.05) is 17.1 Å². The molecular weight excluding hydrogens is 560 g/mol. The molecule has 2 aromatic carbocycles. The summed E-state index contributed by atoms with van der Waals surface area (Å²) >= 11 is 0. The van der Waals surface area contributed by atoms with Crippen molar-refractivity contribution in [3.8, 4) is 0 Å². The molecule has 1 aromatic heterocycles. The Morgan fingerprint density at radius 3 is 2.58 bits per heavy atom. The fraction of sp³-hybridized carbons (Fsp3) is 0.265. The summed E-state index contributed by atoms with van der Waals surface area (Å²) in [5.74, 6) is -0.630. The van der Waals surface area contributed by atoms with Gasteiger partial charge in [0.2, 0.25) is 15.9 Å². The Bertz CT molecular complexity index is 1820. The molecule has 0 aliphatic heterocycles. The summed E-state index contributed by atoms with van der Waals surface area (Å²) in [4.78, 5) is 30.2. The van der Waals surface area contributed by atoms with E-state index in [1.165, 1.54) is 17.3 Å². The van der Waals surface area contributed by atoms with Crippen molar-refractivity contribution in [2.24, 2.45) is 4.99 Å². The van der Waals surface area contributed by atoms with E-state index >= 15 is 0 Å². The molecule has 0 saturated carbocycles. The predicted molar refractivity (Wildman–Crippen MR) is 175 cm³/mol. The van der Waals surface area contributed by atoms with Crippen LogP contribution in [-0.4, -0.2) is 42.8 Å². The van der Waals surface area contributed by atoms with E-state index in [1.54, 1.807) is 31.2 Å². The Balaban J connectivity index is 1.46. The smallest absolute Gasteiger partial charge is 0.253 e. The second-order valence-electron chi connectivity index (χ2n) is 10.7. The number of hydrogen-bond donors (Lipinski definition) is 2. The first-order chi connectivity index (χ1) is 20.5. The van der Waals surface area contributed by atoms with E-state index in [0.29, 0.717) is 22.4 Å². The van der Waals surface area contributed by atoms with E-state index in [-0.39, 0.29) is 12.1 Å². The largest absolute Gasteiger partial charge is 0.343 e. The van der Waals surface area contributed by atoms with Crippen molar-refractivity contribution >= 4 is 49.8 Å². The van der Waals surface area contributed by atoms with E-state index in [0.717, 1.165) is 46.2 Å². The van der Waals surface area contributed by atoms with Crippen LogP contribution in [0.4, 0.5) is 0 Å². The van der Waals surface area contributed by atoms with Gasteiger partial charge in [0.05, 0.1) is 29.6 Å². The van der Waals surface area contributed by atoms with Gasteiger partial charge in [0.1, 0.15) is 5.84 Å². The van der Waals surface area contributed by atoms with Crippen LogP contribution in [0.2, 0.25) is 0 Å². The zero-order chi connectivity index (χ0) is 31.1. The third-order valence-electron chi connectivity index (χ3n) is 7.09. The van der Waals surface area contributed by atoms with Gasteiger partial charge >= 0.3 is 0 Å². The molecule has 0 radical (unpaired) electrons. The number of hydrogen-bond acceptors (Lipinski definition) is 5. The van der Waals surface area contributed by atoms with E-state index < -0.39 is 21.8 Å². The zero-order valence-electron chi connectivity index (χ0n) is 25.3. The molecule has 1 aliphatic carbocycles. The molecule has 1 heterocycles. The number of nitrogens with one attached hydrogen (secondary N) is 2. The molecule has 2 amide bonds. The van der Waals surface area contributed by atoms with Crippen LogP contribution >= 0.6 is 0 Å².